The van der Waals surface area contributed by atoms with Crippen LogP contribution in [0.5, 0.6) is 0 Å². The van der Waals surface area contributed by atoms with Crippen LogP contribution in [0.25, 0.3) is 11.4 Å². The second-order valence-corrected chi connectivity index (χ2v) is 7.08. The number of hydrogen-bond donors (Lipinski definition) is 2. The molecule has 0 bridgehead atoms. The summed E-state index contributed by atoms with van der Waals surface area (Å²) in [7, 11) is 0. The van der Waals surface area contributed by atoms with Crippen molar-refractivity contribution in [2.24, 2.45) is 11.7 Å². The maximum Gasteiger partial charge on any atom is 0.393 e. The van der Waals surface area contributed by atoms with E-state index in [0.29, 0.717) is 13.1 Å². The summed E-state index contributed by atoms with van der Waals surface area (Å²) in [6, 6.07) is 6.32. The molecule has 1 fully saturated rings. The zero-order chi connectivity index (χ0) is 22.1. The number of imidazole rings is 1. The van der Waals surface area contributed by atoms with E-state index in [1.54, 1.807) is 18.3 Å². The highest BCUT2D eigenvalue weighted by molar-refractivity contribution is 5.76. The van der Waals surface area contributed by atoms with E-state index in [1.807, 2.05) is 10.8 Å². The van der Waals surface area contributed by atoms with E-state index in [1.165, 1.54) is 12.1 Å². The molecule has 0 saturated carbocycles. The maximum atomic E-state index is 12.5. The number of piperidine rings is 1. The van der Waals surface area contributed by atoms with Crippen LogP contribution in [0.2, 0.25) is 0 Å². The molecule has 1 aliphatic heterocycles. The molecule has 1 aromatic carbocycles. The highest BCUT2D eigenvalue weighted by Crippen LogP contribution is 2.24. The number of halogens is 3. The predicted octanol–water partition coefficient (Wildman–Crippen LogP) is 2.55. The van der Waals surface area contributed by atoms with Crippen LogP contribution in [0, 0.1) is 5.92 Å². The molecule has 1 unspecified atom stereocenters. The second-order valence-electron chi connectivity index (χ2n) is 7.08. The predicted molar refractivity (Wildman–Crippen MR) is 104 cm³/mol. The topological polar surface area (TPSA) is 101 Å². The Morgan fingerprint density at radius 3 is 2.53 bits per heavy atom. The third-order valence-electron chi connectivity index (χ3n) is 4.90. The molecule has 1 amide bonds. The molecule has 3 N–H and O–H groups in total. The van der Waals surface area contributed by atoms with Crippen molar-refractivity contribution in [3.63, 3.8) is 0 Å². The van der Waals surface area contributed by atoms with Crippen molar-refractivity contribution in [3.05, 3.63) is 42.2 Å². The number of carboxylic acid groups (broad SMARTS) is 1. The zero-order valence-electron chi connectivity index (χ0n) is 16.4. The van der Waals surface area contributed by atoms with Crippen molar-refractivity contribution in [1.82, 2.24) is 14.5 Å². The molecule has 164 valence electrons. The molecule has 30 heavy (non-hydrogen) atoms. The van der Waals surface area contributed by atoms with Crippen LogP contribution in [-0.4, -0.2) is 57.7 Å². The van der Waals surface area contributed by atoms with Crippen LogP contribution >= 0.6 is 0 Å². The lowest BCUT2D eigenvalue weighted by atomic mass is 9.97. The van der Waals surface area contributed by atoms with Crippen LogP contribution in [0.4, 0.5) is 13.2 Å². The summed E-state index contributed by atoms with van der Waals surface area (Å²) in [5, 5.41) is 6.89. The van der Waals surface area contributed by atoms with Gasteiger partial charge >= 0.3 is 6.18 Å². The third kappa shape index (κ3) is 7.18. The molecule has 1 aliphatic rings. The quantitative estimate of drug-likeness (QED) is 0.692. The van der Waals surface area contributed by atoms with Gasteiger partial charge in [-0.3, -0.25) is 9.59 Å². The van der Waals surface area contributed by atoms with E-state index < -0.39 is 12.6 Å². The lowest BCUT2D eigenvalue weighted by molar-refractivity contribution is -0.127. The number of nitrogens with two attached hydrogens (primary N) is 1. The van der Waals surface area contributed by atoms with E-state index in [2.05, 4.69) is 9.88 Å². The first-order chi connectivity index (χ1) is 14.2. The van der Waals surface area contributed by atoms with Gasteiger partial charge in [0.25, 0.3) is 6.47 Å². The Balaban J connectivity index is 0.00000101. The van der Waals surface area contributed by atoms with Crippen molar-refractivity contribution in [3.8, 4) is 11.4 Å². The molecule has 0 aliphatic carbocycles. The molecule has 1 aromatic heterocycles. The average Bonchev–Trinajstić information content (AvgIpc) is 3.15. The molecule has 0 spiro atoms. The number of aromatic nitrogens is 2. The molecule has 10 heteroatoms. The van der Waals surface area contributed by atoms with Gasteiger partial charge in [-0.2, -0.15) is 13.2 Å². The Bertz CT molecular complexity index is 821. The average molecular weight is 426 g/mol. The first kappa shape index (κ1) is 23.4. The van der Waals surface area contributed by atoms with Crippen LogP contribution in [0.3, 0.4) is 0 Å². The minimum absolute atomic E-state index is 0.0952. The van der Waals surface area contributed by atoms with Gasteiger partial charge in [-0.1, -0.05) is 24.3 Å². The molecular formula is C20H25F3N4O3. The molecule has 1 atom stereocenters. The standard InChI is InChI=1S/C19H23F3N4O.CH2O2/c20-19(21,22)12-14-3-5-15(6-4-14)18-24-7-9-26(18)11-10-25-8-1-2-16(13-25)17(23)27;2-1-3/h3-7,9,16H,1-2,8,10-13H2,(H2,23,27);1H,(H,2,3). The van der Waals surface area contributed by atoms with Gasteiger partial charge in [-0.25, -0.2) is 4.98 Å². The van der Waals surface area contributed by atoms with Crippen molar-refractivity contribution >= 4 is 12.4 Å². The number of hydrogen-bond acceptors (Lipinski definition) is 4. The van der Waals surface area contributed by atoms with Crippen molar-refractivity contribution < 1.29 is 27.9 Å². The van der Waals surface area contributed by atoms with E-state index in [0.717, 1.165) is 37.3 Å². The van der Waals surface area contributed by atoms with Gasteiger partial charge in [0, 0.05) is 37.6 Å². The van der Waals surface area contributed by atoms with Crippen LogP contribution in [0.15, 0.2) is 36.7 Å². The van der Waals surface area contributed by atoms with E-state index in [4.69, 9.17) is 15.6 Å². The lowest BCUT2D eigenvalue weighted by Crippen LogP contribution is -2.42. The summed E-state index contributed by atoms with van der Waals surface area (Å²) < 4.78 is 39.4. The first-order valence-corrected chi connectivity index (χ1v) is 9.50. The number of amides is 1. The summed E-state index contributed by atoms with van der Waals surface area (Å²) in [5.41, 5.74) is 6.43. The number of carbonyl (C=O) groups excluding carboxylic acids is 1. The summed E-state index contributed by atoms with van der Waals surface area (Å²) in [6.45, 7) is 2.80. The van der Waals surface area contributed by atoms with Gasteiger partial charge in [0.2, 0.25) is 5.91 Å². The van der Waals surface area contributed by atoms with Crippen LogP contribution < -0.4 is 5.73 Å². The third-order valence-corrected chi connectivity index (χ3v) is 4.90. The summed E-state index contributed by atoms with van der Waals surface area (Å²) in [5.74, 6) is 0.376. The molecular weight excluding hydrogens is 401 g/mol. The Morgan fingerprint density at radius 1 is 1.27 bits per heavy atom. The Morgan fingerprint density at radius 2 is 1.93 bits per heavy atom. The number of likely N-dealkylation sites (tertiary alicyclic amines) is 1. The number of benzene rings is 1. The van der Waals surface area contributed by atoms with Gasteiger partial charge in [-0.15, -0.1) is 0 Å². The lowest BCUT2D eigenvalue weighted by Gasteiger charge is -2.31. The van der Waals surface area contributed by atoms with E-state index in [-0.39, 0.29) is 23.9 Å². The molecule has 2 aromatic rings. The Hall–Kier alpha value is -2.88. The van der Waals surface area contributed by atoms with Gasteiger partial charge in [-0.05, 0) is 24.9 Å². The molecule has 2 heterocycles. The van der Waals surface area contributed by atoms with E-state index >= 15 is 0 Å². The highest BCUT2D eigenvalue weighted by Gasteiger charge is 2.27. The SMILES string of the molecule is NC(=O)C1CCCN(CCn2ccnc2-c2ccc(CC(F)(F)F)cc2)C1.O=CO. The largest absolute Gasteiger partial charge is 0.483 e. The summed E-state index contributed by atoms with van der Waals surface area (Å²) >= 11 is 0. The number of alkyl halides is 3. The Labute approximate surface area is 172 Å². The van der Waals surface area contributed by atoms with Crippen LogP contribution in [-0.2, 0) is 22.6 Å². The molecule has 1 saturated heterocycles. The fraction of sp³-hybridized carbons (Fsp3) is 0.450. The first-order valence-electron chi connectivity index (χ1n) is 9.50. The van der Waals surface area contributed by atoms with Crippen LogP contribution in [0.1, 0.15) is 18.4 Å². The van der Waals surface area contributed by atoms with Gasteiger partial charge in [0.15, 0.2) is 0 Å². The smallest absolute Gasteiger partial charge is 0.393 e. The van der Waals surface area contributed by atoms with Gasteiger partial charge < -0.3 is 20.3 Å². The number of primary amides is 1. The van der Waals surface area contributed by atoms with Crippen molar-refractivity contribution in [1.29, 1.82) is 0 Å². The normalized spacial score (nSPS) is 17.1. The maximum absolute atomic E-state index is 12.5. The molecule has 3 rings (SSSR count). The summed E-state index contributed by atoms with van der Waals surface area (Å²) in [4.78, 5) is 26.3. The fourth-order valence-corrected chi connectivity index (χ4v) is 3.49. The second kappa shape index (κ2) is 10.8. The molecule has 0 radical (unpaired) electrons. The minimum atomic E-state index is -4.21. The number of carbonyl (C=O) groups is 2. The number of nitrogens with zero attached hydrogens (tertiary/aromatic N) is 3. The zero-order valence-corrected chi connectivity index (χ0v) is 16.4. The van der Waals surface area contributed by atoms with Gasteiger partial charge in [0.1, 0.15) is 5.82 Å². The number of rotatable bonds is 6. The molecule has 7 nitrogen and oxygen atoms in total. The van der Waals surface area contributed by atoms with Crippen molar-refractivity contribution in [2.75, 3.05) is 19.6 Å². The van der Waals surface area contributed by atoms with Gasteiger partial charge in [0.05, 0.1) is 12.3 Å². The highest BCUT2D eigenvalue weighted by atomic mass is 19.4. The van der Waals surface area contributed by atoms with E-state index in [9.17, 15) is 18.0 Å². The van der Waals surface area contributed by atoms with Crippen molar-refractivity contribution in [2.45, 2.75) is 32.0 Å². The Kier molecular flexibility index (Phi) is 8.40. The summed E-state index contributed by atoms with van der Waals surface area (Å²) in [6.07, 6.45) is 0.183. The fourth-order valence-electron chi connectivity index (χ4n) is 3.49. The monoisotopic (exact) mass is 426 g/mol. The minimum Gasteiger partial charge on any atom is -0.483 e.